The molecule has 0 aliphatic carbocycles. The average molecular weight is 542 g/mol. The Morgan fingerprint density at radius 3 is 1.30 bits per heavy atom. The Balaban J connectivity index is 1.36. The Labute approximate surface area is 236 Å². The van der Waals surface area contributed by atoms with Crippen LogP contribution in [0.5, 0.6) is 0 Å². The molecular formula is C34H36O6. The molecule has 4 aromatic rings. The summed E-state index contributed by atoms with van der Waals surface area (Å²) in [7, 11) is 0. The molecule has 1 heterocycles. The van der Waals surface area contributed by atoms with Crippen LogP contribution in [0.2, 0.25) is 0 Å². The van der Waals surface area contributed by atoms with E-state index in [9.17, 15) is 5.11 Å². The molecule has 0 radical (unpaired) electrons. The Kier molecular flexibility index (Phi) is 10.5. The Morgan fingerprint density at radius 2 is 0.850 bits per heavy atom. The Morgan fingerprint density at radius 1 is 0.475 bits per heavy atom. The molecule has 0 bridgehead atoms. The van der Waals surface area contributed by atoms with E-state index in [0.717, 1.165) is 22.3 Å². The average Bonchev–Trinajstić information content (AvgIpc) is 3.01. The van der Waals surface area contributed by atoms with Crippen molar-refractivity contribution in [3.05, 3.63) is 144 Å². The van der Waals surface area contributed by atoms with E-state index < -0.39 is 30.7 Å². The first-order chi connectivity index (χ1) is 19.8. The van der Waals surface area contributed by atoms with Crippen LogP contribution in [-0.4, -0.2) is 42.4 Å². The van der Waals surface area contributed by atoms with Gasteiger partial charge in [-0.3, -0.25) is 0 Å². The van der Waals surface area contributed by atoms with E-state index in [2.05, 4.69) is 0 Å². The minimum absolute atomic E-state index is 0.224. The molecule has 1 saturated heterocycles. The van der Waals surface area contributed by atoms with Crippen LogP contribution in [0.15, 0.2) is 121 Å². The van der Waals surface area contributed by atoms with Crippen molar-refractivity contribution < 1.29 is 28.8 Å². The molecule has 5 atom stereocenters. The summed E-state index contributed by atoms with van der Waals surface area (Å²) in [5.41, 5.74) is 4.10. The summed E-state index contributed by atoms with van der Waals surface area (Å²) < 4.78 is 31.4. The zero-order chi connectivity index (χ0) is 27.4. The first kappa shape index (κ1) is 28.2. The fraction of sp³-hybridized carbons (Fsp3) is 0.294. The summed E-state index contributed by atoms with van der Waals surface area (Å²) >= 11 is 0. The zero-order valence-electron chi connectivity index (χ0n) is 22.5. The van der Waals surface area contributed by atoms with Gasteiger partial charge in [0.05, 0.1) is 33.0 Å². The number of hydrogen-bond acceptors (Lipinski definition) is 6. The fourth-order valence-electron chi connectivity index (χ4n) is 4.77. The molecule has 1 N–H and O–H groups in total. The van der Waals surface area contributed by atoms with Crippen molar-refractivity contribution in [3.63, 3.8) is 0 Å². The maximum Gasteiger partial charge on any atom is 0.184 e. The van der Waals surface area contributed by atoms with Crippen molar-refractivity contribution >= 4 is 0 Å². The van der Waals surface area contributed by atoms with E-state index in [0.29, 0.717) is 26.4 Å². The molecule has 0 saturated carbocycles. The van der Waals surface area contributed by atoms with Gasteiger partial charge in [0.2, 0.25) is 0 Å². The van der Waals surface area contributed by atoms with Crippen molar-refractivity contribution in [1.29, 1.82) is 0 Å². The van der Waals surface area contributed by atoms with Crippen molar-refractivity contribution in [2.24, 2.45) is 0 Å². The van der Waals surface area contributed by atoms with Gasteiger partial charge in [-0.2, -0.15) is 0 Å². The lowest BCUT2D eigenvalue weighted by atomic mass is 10.0. The van der Waals surface area contributed by atoms with E-state index >= 15 is 0 Å². The third-order valence-electron chi connectivity index (χ3n) is 6.86. The lowest BCUT2D eigenvalue weighted by Crippen LogP contribution is -2.61. The van der Waals surface area contributed by atoms with Crippen LogP contribution in [0.3, 0.4) is 0 Å². The summed E-state index contributed by atoms with van der Waals surface area (Å²) in [6.45, 7) is 1.65. The standard InChI is InChI=1S/C34H36O6/c35-34-33(39-24-29-19-11-4-12-20-29)32(38-23-28-17-9-3-10-18-28)31(37-22-27-15-7-2-8-16-27)30(40-34)25-36-21-26-13-5-1-6-14-26/h1-20,30-35H,21-25H2/t30-,31-,32+,33-,34?/m1/s1/i34+1. The highest BCUT2D eigenvalue weighted by Gasteiger charge is 2.48. The third kappa shape index (κ3) is 8.08. The molecule has 0 spiro atoms. The van der Waals surface area contributed by atoms with Gasteiger partial charge >= 0.3 is 0 Å². The predicted molar refractivity (Wildman–Crippen MR) is 152 cm³/mol. The van der Waals surface area contributed by atoms with Gasteiger partial charge in [-0.1, -0.05) is 121 Å². The molecule has 1 fully saturated rings. The van der Waals surface area contributed by atoms with E-state index in [1.54, 1.807) is 0 Å². The smallest absolute Gasteiger partial charge is 0.184 e. The molecule has 6 heteroatoms. The van der Waals surface area contributed by atoms with E-state index in [1.165, 1.54) is 0 Å². The van der Waals surface area contributed by atoms with Gasteiger partial charge in [-0.15, -0.1) is 0 Å². The van der Waals surface area contributed by atoms with Crippen LogP contribution >= 0.6 is 0 Å². The van der Waals surface area contributed by atoms with Crippen molar-refractivity contribution in [2.45, 2.75) is 57.1 Å². The van der Waals surface area contributed by atoms with Gasteiger partial charge < -0.3 is 28.8 Å². The monoisotopic (exact) mass is 541 g/mol. The van der Waals surface area contributed by atoms with E-state index in [4.69, 9.17) is 23.7 Å². The molecule has 4 aromatic carbocycles. The second-order valence-corrected chi connectivity index (χ2v) is 9.85. The van der Waals surface area contributed by atoms with Gasteiger partial charge in [0.1, 0.15) is 24.4 Å². The van der Waals surface area contributed by atoms with Crippen molar-refractivity contribution in [3.8, 4) is 0 Å². The summed E-state index contributed by atoms with van der Waals surface area (Å²) in [4.78, 5) is 0. The molecule has 6 nitrogen and oxygen atoms in total. The van der Waals surface area contributed by atoms with Crippen LogP contribution in [0, 0.1) is 0 Å². The van der Waals surface area contributed by atoms with E-state index in [-0.39, 0.29) is 6.61 Å². The van der Waals surface area contributed by atoms with Gasteiger partial charge in [0, 0.05) is 0 Å². The fourth-order valence-corrected chi connectivity index (χ4v) is 4.77. The Bertz CT molecular complexity index is 1240. The van der Waals surface area contributed by atoms with Crippen LogP contribution in [0.1, 0.15) is 22.3 Å². The molecule has 0 amide bonds. The number of aliphatic hydroxyl groups excluding tert-OH is 1. The highest BCUT2D eigenvalue weighted by molar-refractivity contribution is 5.16. The topological polar surface area (TPSA) is 66.4 Å². The van der Waals surface area contributed by atoms with Crippen LogP contribution in [0.25, 0.3) is 0 Å². The number of aliphatic hydroxyl groups is 1. The molecule has 5 rings (SSSR count). The highest BCUT2D eigenvalue weighted by Crippen LogP contribution is 2.30. The normalized spacial score (nSPS) is 22.7. The summed E-state index contributed by atoms with van der Waals surface area (Å²) in [6.07, 6.45) is -3.72. The highest BCUT2D eigenvalue weighted by atomic mass is 16.8. The number of benzene rings is 4. The maximum absolute atomic E-state index is 11.2. The third-order valence-corrected chi connectivity index (χ3v) is 6.86. The lowest BCUT2D eigenvalue weighted by Gasteiger charge is -2.44. The minimum Gasteiger partial charge on any atom is -0.374 e. The number of hydrogen-bond donors (Lipinski definition) is 1. The van der Waals surface area contributed by atoms with E-state index in [1.807, 2.05) is 121 Å². The largest absolute Gasteiger partial charge is 0.374 e. The second-order valence-electron chi connectivity index (χ2n) is 9.85. The zero-order valence-corrected chi connectivity index (χ0v) is 22.5. The SMILES string of the molecule is O[13CH]1O[C@H](COCc2ccccc2)[C@@H](OCc2ccccc2)[C@H](OCc2ccccc2)[C@H]1OCc1ccccc1. The molecule has 208 valence electrons. The molecule has 40 heavy (non-hydrogen) atoms. The molecule has 1 aliphatic heterocycles. The van der Waals surface area contributed by atoms with Crippen molar-refractivity contribution in [1.82, 2.24) is 0 Å². The molecule has 0 aromatic heterocycles. The quantitative estimate of drug-likeness (QED) is 0.220. The molecule has 1 aliphatic rings. The number of rotatable bonds is 13. The predicted octanol–water partition coefficient (Wildman–Crippen LogP) is 5.68. The van der Waals surface area contributed by atoms with Gasteiger partial charge in [-0.25, -0.2) is 0 Å². The van der Waals surface area contributed by atoms with Gasteiger partial charge in [-0.05, 0) is 22.3 Å². The number of ether oxygens (including phenoxy) is 5. The van der Waals surface area contributed by atoms with Gasteiger partial charge in [0.15, 0.2) is 6.29 Å². The summed E-state index contributed by atoms with van der Waals surface area (Å²) in [5.74, 6) is 0. The first-order valence-electron chi connectivity index (χ1n) is 13.7. The molecular weight excluding hydrogens is 505 g/mol. The maximum atomic E-state index is 11.2. The Hall–Kier alpha value is -3.36. The molecule has 1 unspecified atom stereocenters. The summed E-state index contributed by atoms with van der Waals surface area (Å²) in [5, 5.41) is 11.2. The first-order valence-corrected chi connectivity index (χ1v) is 13.7. The van der Waals surface area contributed by atoms with Crippen LogP contribution < -0.4 is 0 Å². The summed E-state index contributed by atoms with van der Waals surface area (Å²) in [6, 6.07) is 39.7. The minimum atomic E-state index is -1.22. The second kappa shape index (κ2) is 14.9. The van der Waals surface area contributed by atoms with Crippen LogP contribution in [0.4, 0.5) is 0 Å². The van der Waals surface area contributed by atoms with Crippen LogP contribution in [-0.2, 0) is 50.1 Å². The van der Waals surface area contributed by atoms with Crippen molar-refractivity contribution in [2.75, 3.05) is 6.61 Å². The van der Waals surface area contributed by atoms with Gasteiger partial charge in [0.25, 0.3) is 0 Å². The lowest BCUT2D eigenvalue weighted by molar-refractivity contribution is -0.317.